The van der Waals surface area contributed by atoms with Gasteiger partial charge in [0.15, 0.2) is 0 Å². The highest BCUT2D eigenvalue weighted by Crippen LogP contribution is 2.14. The van der Waals surface area contributed by atoms with E-state index in [4.69, 9.17) is 6.42 Å². The molecule has 0 unspecified atom stereocenters. The first-order valence-corrected chi connectivity index (χ1v) is 5.78. The van der Waals surface area contributed by atoms with Crippen LogP contribution in [0.1, 0.15) is 24.6 Å². The van der Waals surface area contributed by atoms with Crippen LogP contribution in [0, 0.1) is 19.3 Å². The lowest BCUT2D eigenvalue weighted by Gasteiger charge is -2.06. The Morgan fingerprint density at radius 3 is 2.89 bits per heavy atom. The molecule has 0 radical (unpaired) electrons. The van der Waals surface area contributed by atoms with Gasteiger partial charge in [-0.2, -0.15) is 0 Å². The molecule has 0 bridgehead atoms. The Labute approximate surface area is 111 Å². The molecule has 0 aliphatic carbocycles. The van der Waals surface area contributed by atoms with E-state index in [0.717, 1.165) is 0 Å². The maximum Gasteiger partial charge on any atom is 0.255 e. The Hall–Kier alpha value is -2.48. The third kappa shape index (κ3) is 4.36. The van der Waals surface area contributed by atoms with E-state index in [9.17, 15) is 14.7 Å². The van der Waals surface area contributed by atoms with E-state index >= 15 is 0 Å². The normalized spacial score (nSPS) is 10.9. The molecule has 3 N–H and O–H groups in total. The largest absolute Gasteiger partial charge is 0.507 e. The zero-order valence-electron chi connectivity index (χ0n) is 10.9. The standard InChI is InChI=1S/C14H16N2O3/c1-4-5-9(2)15-13(18)7-6-11-12(17)8-10(3)16-14(11)19/h1,5,8H,6-7H2,2-3H3,(H,15,18)(H2,16,17,19)/b9-5-. The van der Waals surface area contributed by atoms with Crippen molar-refractivity contribution in [3.63, 3.8) is 0 Å². The van der Waals surface area contributed by atoms with E-state index in [-0.39, 0.29) is 35.6 Å². The number of allylic oxidation sites excluding steroid dienone is 2. The Bertz CT molecular complexity index is 606. The minimum atomic E-state index is -0.374. The van der Waals surface area contributed by atoms with E-state index in [1.807, 2.05) is 0 Å². The summed E-state index contributed by atoms with van der Waals surface area (Å²) in [5.41, 5.74) is 0.971. The van der Waals surface area contributed by atoms with Crippen LogP contribution in [0.2, 0.25) is 0 Å². The predicted octanol–water partition coefficient (Wildman–Crippen LogP) is 0.975. The number of pyridine rings is 1. The Morgan fingerprint density at radius 1 is 1.63 bits per heavy atom. The SMILES string of the molecule is C#C/C=C(/C)NC(=O)CCc1c(O)cc(C)[nH]c1=O. The first-order chi connectivity index (χ1) is 8.93. The van der Waals surface area contributed by atoms with Gasteiger partial charge in [-0.25, -0.2) is 0 Å². The Balaban J connectivity index is 2.69. The molecule has 1 aromatic rings. The van der Waals surface area contributed by atoms with E-state index in [2.05, 4.69) is 16.2 Å². The van der Waals surface area contributed by atoms with E-state index < -0.39 is 0 Å². The summed E-state index contributed by atoms with van der Waals surface area (Å²) in [6.45, 7) is 3.35. The van der Waals surface area contributed by atoms with Crippen LogP contribution >= 0.6 is 0 Å². The number of terminal acetylenes is 1. The number of carbonyl (C=O) groups excluding carboxylic acids is 1. The fourth-order valence-corrected chi connectivity index (χ4v) is 1.62. The molecule has 5 heteroatoms. The zero-order chi connectivity index (χ0) is 14.4. The second-order valence-electron chi connectivity index (χ2n) is 4.19. The second-order valence-corrected chi connectivity index (χ2v) is 4.19. The fourth-order valence-electron chi connectivity index (χ4n) is 1.62. The van der Waals surface area contributed by atoms with Crippen LogP contribution in [0.25, 0.3) is 0 Å². The molecule has 5 nitrogen and oxygen atoms in total. The van der Waals surface area contributed by atoms with Gasteiger partial charge in [-0.3, -0.25) is 9.59 Å². The molecule has 0 atom stereocenters. The van der Waals surface area contributed by atoms with Crippen LogP contribution in [0.3, 0.4) is 0 Å². The minimum absolute atomic E-state index is 0.0926. The highest BCUT2D eigenvalue weighted by Gasteiger charge is 2.10. The smallest absolute Gasteiger partial charge is 0.255 e. The number of nitrogens with one attached hydrogen (secondary N) is 2. The summed E-state index contributed by atoms with van der Waals surface area (Å²) in [6.07, 6.45) is 6.76. The van der Waals surface area contributed by atoms with Gasteiger partial charge in [0.2, 0.25) is 5.91 Å². The van der Waals surface area contributed by atoms with Crippen molar-refractivity contribution in [1.29, 1.82) is 0 Å². The first-order valence-electron chi connectivity index (χ1n) is 5.78. The van der Waals surface area contributed by atoms with Crippen molar-refractivity contribution < 1.29 is 9.90 Å². The lowest BCUT2D eigenvalue weighted by Crippen LogP contribution is -2.23. The van der Waals surface area contributed by atoms with Crippen molar-refractivity contribution >= 4 is 5.91 Å². The van der Waals surface area contributed by atoms with Crippen molar-refractivity contribution in [2.24, 2.45) is 0 Å². The van der Waals surface area contributed by atoms with E-state index in [1.165, 1.54) is 12.1 Å². The molecular weight excluding hydrogens is 244 g/mol. The number of aryl methyl sites for hydroxylation is 1. The van der Waals surface area contributed by atoms with Gasteiger partial charge in [0, 0.05) is 23.9 Å². The number of aromatic nitrogens is 1. The summed E-state index contributed by atoms with van der Waals surface area (Å²) in [4.78, 5) is 25.8. The molecule has 0 fully saturated rings. The molecule has 0 aliphatic rings. The van der Waals surface area contributed by atoms with Crippen LogP contribution in [-0.2, 0) is 11.2 Å². The van der Waals surface area contributed by atoms with Gasteiger partial charge in [-0.05, 0) is 26.3 Å². The molecule has 1 rings (SSSR count). The number of hydrogen-bond donors (Lipinski definition) is 3. The molecule has 1 amide bonds. The third-order valence-corrected chi connectivity index (χ3v) is 2.49. The second kappa shape index (κ2) is 6.45. The number of hydrogen-bond acceptors (Lipinski definition) is 3. The van der Waals surface area contributed by atoms with E-state index in [1.54, 1.807) is 13.8 Å². The van der Waals surface area contributed by atoms with Crippen LogP contribution in [0.4, 0.5) is 0 Å². The van der Waals surface area contributed by atoms with Gasteiger partial charge >= 0.3 is 0 Å². The maximum atomic E-state index is 11.6. The highest BCUT2D eigenvalue weighted by atomic mass is 16.3. The molecule has 0 saturated carbocycles. The molecule has 0 spiro atoms. The highest BCUT2D eigenvalue weighted by molar-refractivity contribution is 5.78. The summed E-state index contributed by atoms with van der Waals surface area (Å²) < 4.78 is 0. The molecule has 0 aliphatic heterocycles. The molecule has 100 valence electrons. The monoisotopic (exact) mass is 260 g/mol. The average molecular weight is 260 g/mol. The third-order valence-electron chi connectivity index (χ3n) is 2.49. The average Bonchev–Trinajstić information content (AvgIpc) is 2.27. The van der Waals surface area contributed by atoms with E-state index in [0.29, 0.717) is 11.4 Å². The molecule has 0 saturated heterocycles. The van der Waals surface area contributed by atoms with Gasteiger partial charge in [0.05, 0.1) is 5.56 Å². The number of H-pyrrole nitrogens is 1. The molecule has 19 heavy (non-hydrogen) atoms. The summed E-state index contributed by atoms with van der Waals surface area (Å²) in [6, 6.07) is 1.46. The van der Waals surface area contributed by atoms with Crippen LogP contribution in [0.15, 0.2) is 22.6 Å². The van der Waals surface area contributed by atoms with Crippen molar-refractivity contribution in [2.75, 3.05) is 0 Å². The fraction of sp³-hybridized carbons (Fsp3) is 0.286. The number of amides is 1. The van der Waals surface area contributed by atoms with Crippen molar-refractivity contribution in [1.82, 2.24) is 10.3 Å². The predicted molar refractivity (Wildman–Crippen MR) is 72.5 cm³/mol. The minimum Gasteiger partial charge on any atom is -0.507 e. The van der Waals surface area contributed by atoms with Crippen molar-refractivity contribution in [3.05, 3.63) is 39.5 Å². The lowest BCUT2D eigenvalue weighted by atomic mass is 10.1. The van der Waals surface area contributed by atoms with Gasteiger partial charge in [-0.15, -0.1) is 6.42 Å². The number of aromatic amines is 1. The van der Waals surface area contributed by atoms with Crippen molar-refractivity contribution in [2.45, 2.75) is 26.7 Å². The molecule has 1 aromatic heterocycles. The summed E-state index contributed by atoms with van der Waals surface area (Å²) in [5.74, 6) is 1.95. The number of rotatable bonds is 4. The number of carbonyl (C=O) groups is 1. The van der Waals surface area contributed by atoms with Gasteiger partial charge in [0.25, 0.3) is 5.56 Å². The summed E-state index contributed by atoms with van der Waals surface area (Å²) >= 11 is 0. The zero-order valence-corrected chi connectivity index (χ0v) is 10.9. The van der Waals surface area contributed by atoms with Crippen LogP contribution in [0.5, 0.6) is 5.75 Å². The summed E-state index contributed by atoms with van der Waals surface area (Å²) in [5, 5.41) is 12.2. The van der Waals surface area contributed by atoms with Gasteiger partial charge < -0.3 is 15.4 Å². The Morgan fingerprint density at radius 2 is 2.32 bits per heavy atom. The lowest BCUT2D eigenvalue weighted by molar-refractivity contribution is -0.120. The molecule has 0 aromatic carbocycles. The van der Waals surface area contributed by atoms with Crippen LogP contribution < -0.4 is 10.9 Å². The van der Waals surface area contributed by atoms with Gasteiger partial charge in [-0.1, -0.05) is 5.92 Å². The van der Waals surface area contributed by atoms with Crippen LogP contribution in [-0.4, -0.2) is 16.0 Å². The van der Waals surface area contributed by atoms with Gasteiger partial charge in [0.1, 0.15) is 5.75 Å². The topological polar surface area (TPSA) is 82.2 Å². The van der Waals surface area contributed by atoms with Crippen molar-refractivity contribution in [3.8, 4) is 18.1 Å². The maximum absolute atomic E-state index is 11.6. The quantitative estimate of drug-likeness (QED) is 0.706. The first kappa shape index (κ1) is 14.6. The molecular formula is C14H16N2O3. The molecule has 1 heterocycles. The Kier molecular flexibility index (Phi) is 4.95. The number of aromatic hydroxyl groups is 1. The summed E-state index contributed by atoms with van der Waals surface area (Å²) in [7, 11) is 0.